The van der Waals surface area contributed by atoms with Gasteiger partial charge < -0.3 is 20.4 Å². The minimum absolute atomic E-state index is 0.570. The van der Waals surface area contributed by atoms with E-state index in [1.54, 1.807) is 0 Å². The van der Waals surface area contributed by atoms with Gasteiger partial charge in [0.1, 0.15) is 5.52 Å². The van der Waals surface area contributed by atoms with E-state index in [0.717, 1.165) is 24.2 Å². The van der Waals surface area contributed by atoms with E-state index in [2.05, 4.69) is 22.2 Å². The SMILES string of the molecule is CN1CCCC(CNc2nc3c(N)cccc3o2)C1. The molecule has 0 saturated carbocycles. The van der Waals surface area contributed by atoms with E-state index in [1.807, 2.05) is 18.2 Å². The summed E-state index contributed by atoms with van der Waals surface area (Å²) in [5.74, 6) is 0.658. The lowest BCUT2D eigenvalue weighted by molar-refractivity contribution is 0.216. The Kier molecular flexibility index (Phi) is 3.29. The molecular formula is C14H20N4O. The molecule has 102 valence electrons. The Labute approximate surface area is 112 Å². The third-order valence-electron chi connectivity index (χ3n) is 3.71. The fraction of sp³-hybridized carbons (Fsp3) is 0.500. The smallest absolute Gasteiger partial charge is 0.295 e. The Bertz CT molecular complexity index is 566. The first-order valence-electron chi connectivity index (χ1n) is 6.80. The van der Waals surface area contributed by atoms with Crippen molar-refractivity contribution in [3.8, 4) is 0 Å². The number of oxazole rings is 1. The van der Waals surface area contributed by atoms with Gasteiger partial charge in [-0.3, -0.25) is 0 Å². The van der Waals surface area contributed by atoms with Crippen LogP contribution in [0.1, 0.15) is 12.8 Å². The molecule has 0 amide bonds. The number of anilines is 2. The summed E-state index contributed by atoms with van der Waals surface area (Å²) >= 11 is 0. The van der Waals surface area contributed by atoms with E-state index < -0.39 is 0 Å². The molecule has 1 aliphatic rings. The van der Waals surface area contributed by atoms with Gasteiger partial charge in [-0.05, 0) is 44.5 Å². The zero-order valence-electron chi connectivity index (χ0n) is 11.2. The zero-order chi connectivity index (χ0) is 13.2. The van der Waals surface area contributed by atoms with Crippen LogP contribution in [0.25, 0.3) is 11.1 Å². The first-order valence-corrected chi connectivity index (χ1v) is 6.80. The second-order valence-electron chi connectivity index (χ2n) is 5.36. The number of fused-ring (bicyclic) bond motifs is 1. The number of nitrogens with two attached hydrogens (primary N) is 1. The Morgan fingerprint density at radius 1 is 1.53 bits per heavy atom. The predicted molar refractivity (Wildman–Crippen MR) is 77.1 cm³/mol. The molecule has 3 N–H and O–H groups in total. The van der Waals surface area contributed by atoms with Crippen molar-refractivity contribution in [2.75, 3.05) is 37.7 Å². The van der Waals surface area contributed by atoms with Crippen molar-refractivity contribution >= 4 is 22.8 Å². The first-order chi connectivity index (χ1) is 9.22. The summed E-state index contributed by atoms with van der Waals surface area (Å²) in [6.07, 6.45) is 2.53. The molecule has 5 heteroatoms. The number of aromatic nitrogens is 1. The van der Waals surface area contributed by atoms with Gasteiger partial charge in [0.25, 0.3) is 6.01 Å². The van der Waals surface area contributed by atoms with E-state index in [1.165, 1.54) is 19.4 Å². The van der Waals surface area contributed by atoms with Crippen LogP contribution in [0.15, 0.2) is 22.6 Å². The first kappa shape index (κ1) is 12.3. The molecule has 3 rings (SSSR count). The standard InChI is InChI=1S/C14H20N4O/c1-18-7-3-4-10(9-18)8-16-14-17-13-11(15)5-2-6-12(13)19-14/h2,5-6,10H,3-4,7-9,15H2,1H3,(H,16,17). The van der Waals surface area contributed by atoms with Gasteiger partial charge in [0.05, 0.1) is 5.69 Å². The van der Waals surface area contributed by atoms with E-state index in [0.29, 0.717) is 17.6 Å². The second-order valence-corrected chi connectivity index (χ2v) is 5.36. The molecule has 2 heterocycles. The molecule has 1 saturated heterocycles. The molecule has 1 aromatic heterocycles. The number of para-hydroxylation sites is 1. The van der Waals surface area contributed by atoms with Crippen molar-refractivity contribution in [1.82, 2.24) is 9.88 Å². The van der Waals surface area contributed by atoms with Crippen molar-refractivity contribution in [3.63, 3.8) is 0 Å². The quantitative estimate of drug-likeness (QED) is 0.828. The molecule has 5 nitrogen and oxygen atoms in total. The van der Waals surface area contributed by atoms with Crippen LogP contribution in [-0.4, -0.2) is 36.6 Å². The highest BCUT2D eigenvalue weighted by molar-refractivity contribution is 5.86. The van der Waals surface area contributed by atoms with Crippen LogP contribution in [0.4, 0.5) is 11.7 Å². The summed E-state index contributed by atoms with van der Waals surface area (Å²) in [6.45, 7) is 3.24. The second kappa shape index (κ2) is 5.09. The van der Waals surface area contributed by atoms with Gasteiger partial charge in [-0.25, -0.2) is 0 Å². The van der Waals surface area contributed by atoms with E-state index in [-0.39, 0.29) is 0 Å². The monoisotopic (exact) mass is 260 g/mol. The number of nitrogen functional groups attached to an aromatic ring is 1. The molecule has 1 fully saturated rings. The molecule has 0 spiro atoms. The van der Waals surface area contributed by atoms with Crippen LogP contribution in [0, 0.1) is 5.92 Å². The molecule has 1 atom stereocenters. The Hall–Kier alpha value is -1.75. The van der Waals surface area contributed by atoms with Crippen LogP contribution in [-0.2, 0) is 0 Å². The van der Waals surface area contributed by atoms with Gasteiger partial charge in [0.15, 0.2) is 5.58 Å². The highest BCUT2D eigenvalue weighted by atomic mass is 16.4. The number of benzene rings is 1. The summed E-state index contributed by atoms with van der Waals surface area (Å²) in [5.41, 5.74) is 8.01. The van der Waals surface area contributed by atoms with Gasteiger partial charge in [-0.1, -0.05) is 6.07 Å². The van der Waals surface area contributed by atoms with E-state index in [9.17, 15) is 0 Å². The number of hydrogen-bond donors (Lipinski definition) is 2. The van der Waals surface area contributed by atoms with Crippen molar-refractivity contribution in [2.45, 2.75) is 12.8 Å². The Morgan fingerprint density at radius 3 is 3.21 bits per heavy atom. The van der Waals surface area contributed by atoms with Crippen LogP contribution in [0.2, 0.25) is 0 Å². The van der Waals surface area contributed by atoms with Crippen LogP contribution >= 0.6 is 0 Å². The maximum absolute atomic E-state index is 5.87. The lowest BCUT2D eigenvalue weighted by Crippen LogP contribution is -2.35. The van der Waals surface area contributed by atoms with Crippen molar-refractivity contribution < 1.29 is 4.42 Å². The fourth-order valence-electron chi connectivity index (χ4n) is 2.72. The number of rotatable bonds is 3. The van der Waals surface area contributed by atoms with Crippen LogP contribution in [0.5, 0.6) is 0 Å². The molecule has 0 bridgehead atoms. The van der Waals surface area contributed by atoms with Crippen molar-refractivity contribution in [1.29, 1.82) is 0 Å². The molecular weight excluding hydrogens is 240 g/mol. The summed E-state index contributed by atoms with van der Waals surface area (Å²) in [5, 5.41) is 3.29. The normalized spacial score (nSPS) is 20.8. The van der Waals surface area contributed by atoms with Gasteiger partial charge in [-0.15, -0.1) is 0 Å². The van der Waals surface area contributed by atoms with Crippen LogP contribution in [0.3, 0.4) is 0 Å². The van der Waals surface area contributed by atoms with Gasteiger partial charge in [0.2, 0.25) is 0 Å². The van der Waals surface area contributed by atoms with Gasteiger partial charge >= 0.3 is 0 Å². The van der Waals surface area contributed by atoms with Crippen molar-refractivity contribution in [2.24, 2.45) is 5.92 Å². The van der Waals surface area contributed by atoms with E-state index >= 15 is 0 Å². The lowest BCUT2D eigenvalue weighted by atomic mass is 9.99. The fourth-order valence-corrected chi connectivity index (χ4v) is 2.72. The number of hydrogen-bond acceptors (Lipinski definition) is 5. The maximum atomic E-state index is 5.87. The summed E-state index contributed by atoms with van der Waals surface area (Å²) in [7, 11) is 2.17. The topological polar surface area (TPSA) is 67.3 Å². The highest BCUT2D eigenvalue weighted by Crippen LogP contribution is 2.24. The minimum atomic E-state index is 0.570. The minimum Gasteiger partial charge on any atom is -0.423 e. The molecule has 19 heavy (non-hydrogen) atoms. The lowest BCUT2D eigenvalue weighted by Gasteiger charge is -2.29. The zero-order valence-corrected chi connectivity index (χ0v) is 11.2. The molecule has 2 aromatic rings. The van der Waals surface area contributed by atoms with E-state index in [4.69, 9.17) is 10.2 Å². The molecule has 0 aliphatic carbocycles. The Morgan fingerprint density at radius 2 is 2.42 bits per heavy atom. The number of nitrogens with zero attached hydrogens (tertiary/aromatic N) is 2. The third kappa shape index (κ3) is 2.66. The Balaban J connectivity index is 1.66. The third-order valence-corrected chi connectivity index (χ3v) is 3.71. The molecule has 1 aliphatic heterocycles. The molecule has 1 unspecified atom stereocenters. The van der Waals surface area contributed by atoms with Crippen LogP contribution < -0.4 is 11.1 Å². The predicted octanol–water partition coefficient (Wildman–Crippen LogP) is 2.16. The average Bonchev–Trinajstić information content (AvgIpc) is 2.81. The summed E-state index contributed by atoms with van der Waals surface area (Å²) < 4.78 is 5.65. The number of nitrogens with one attached hydrogen (secondary N) is 1. The maximum Gasteiger partial charge on any atom is 0.295 e. The summed E-state index contributed by atoms with van der Waals surface area (Å²) in [4.78, 5) is 6.77. The summed E-state index contributed by atoms with van der Waals surface area (Å²) in [6, 6.07) is 6.17. The number of piperidine rings is 1. The van der Waals surface area contributed by atoms with Crippen molar-refractivity contribution in [3.05, 3.63) is 18.2 Å². The number of likely N-dealkylation sites (tertiary alicyclic amines) is 1. The average molecular weight is 260 g/mol. The van der Waals surface area contributed by atoms with Gasteiger partial charge in [-0.2, -0.15) is 4.98 Å². The molecule has 1 aromatic carbocycles. The van der Waals surface area contributed by atoms with Gasteiger partial charge in [0, 0.05) is 13.1 Å². The highest BCUT2D eigenvalue weighted by Gasteiger charge is 2.17. The molecule has 0 radical (unpaired) electrons. The largest absolute Gasteiger partial charge is 0.423 e.